The van der Waals surface area contributed by atoms with E-state index in [0.717, 1.165) is 11.8 Å². The van der Waals surface area contributed by atoms with Crippen LogP contribution in [0, 0.1) is 11.8 Å². The van der Waals surface area contributed by atoms with Crippen LogP contribution >= 0.6 is 0 Å². The lowest BCUT2D eigenvalue weighted by Crippen LogP contribution is -2.44. The monoisotopic (exact) mass is 167 g/mol. The molecule has 0 aromatic carbocycles. The van der Waals surface area contributed by atoms with Crippen molar-refractivity contribution >= 4 is 0 Å². The fraction of sp³-hybridized carbons (Fsp3) is 1.00. The molecule has 2 aliphatic rings. The zero-order chi connectivity index (χ0) is 8.60. The summed E-state index contributed by atoms with van der Waals surface area (Å²) in [5.41, 5.74) is 6.35. The lowest BCUT2D eigenvalue weighted by Gasteiger charge is -2.43. The van der Waals surface area contributed by atoms with E-state index >= 15 is 0 Å². The molecule has 2 N–H and O–H groups in total. The minimum Gasteiger partial charge on any atom is -0.325 e. The fourth-order valence-corrected chi connectivity index (χ4v) is 3.15. The Labute approximate surface area is 75.7 Å². The van der Waals surface area contributed by atoms with Crippen LogP contribution in [0.3, 0.4) is 0 Å². The quantitative estimate of drug-likeness (QED) is 0.590. The van der Waals surface area contributed by atoms with Crippen LogP contribution in [0.5, 0.6) is 0 Å². The highest BCUT2D eigenvalue weighted by Gasteiger charge is 2.35. The summed E-state index contributed by atoms with van der Waals surface area (Å²) in [7, 11) is 0. The number of hydrogen-bond donors (Lipinski definition) is 1. The minimum absolute atomic E-state index is 0.165. The summed E-state index contributed by atoms with van der Waals surface area (Å²) >= 11 is 0. The first-order valence-corrected chi connectivity index (χ1v) is 5.46. The third kappa shape index (κ3) is 1.66. The summed E-state index contributed by atoms with van der Waals surface area (Å²) in [6, 6.07) is 0. The van der Waals surface area contributed by atoms with Gasteiger partial charge in [-0.3, -0.25) is 0 Å². The van der Waals surface area contributed by atoms with Crippen LogP contribution < -0.4 is 5.73 Å². The zero-order valence-corrected chi connectivity index (χ0v) is 8.18. The molecule has 0 amide bonds. The normalized spacial score (nSPS) is 48.5. The third-order valence-electron chi connectivity index (χ3n) is 3.88. The van der Waals surface area contributed by atoms with E-state index in [4.69, 9.17) is 5.73 Å². The Morgan fingerprint density at radius 3 is 2.50 bits per heavy atom. The lowest BCUT2D eigenvalue weighted by atomic mass is 9.65. The van der Waals surface area contributed by atoms with Crippen LogP contribution in [0.25, 0.3) is 0 Å². The van der Waals surface area contributed by atoms with E-state index in [2.05, 4.69) is 6.92 Å². The molecule has 0 aliphatic heterocycles. The topological polar surface area (TPSA) is 26.0 Å². The molecule has 2 aliphatic carbocycles. The van der Waals surface area contributed by atoms with Crippen LogP contribution in [-0.4, -0.2) is 5.54 Å². The summed E-state index contributed by atoms with van der Waals surface area (Å²) in [5, 5.41) is 0. The van der Waals surface area contributed by atoms with Gasteiger partial charge in [-0.2, -0.15) is 0 Å². The van der Waals surface area contributed by atoms with Crippen molar-refractivity contribution in [1.82, 2.24) is 0 Å². The van der Waals surface area contributed by atoms with E-state index in [1.165, 1.54) is 44.9 Å². The maximum Gasteiger partial charge on any atom is 0.0128 e. The standard InChI is InChI=1S/C11H21N/c1-11(12)7-6-9-4-2-3-5-10(9)8-11/h9-10H,2-8,12H2,1H3/t9-,10?,11-/m1/s1. The van der Waals surface area contributed by atoms with Crippen molar-refractivity contribution in [3.8, 4) is 0 Å². The predicted molar refractivity (Wildman–Crippen MR) is 51.9 cm³/mol. The summed E-state index contributed by atoms with van der Waals surface area (Å²) in [4.78, 5) is 0. The van der Waals surface area contributed by atoms with Crippen LogP contribution in [0.1, 0.15) is 51.9 Å². The largest absolute Gasteiger partial charge is 0.325 e. The minimum atomic E-state index is 0.165. The Morgan fingerprint density at radius 1 is 1.08 bits per heavy atom. The van der Waals surface area contributed by atoms with Crippen LogP contribution in [-0.2, 0) is 0 Å². The Morgan fingerprint density at radius 2 is 1.75 bits per heavy atom. The average molecular weight is 167 g/mol. The second-order valence-electron chi connectivity index (χ2n) is 5.20. The molecule has 0 saturated heterocycles. The summed E-state index contributed by atoms with van der Waals surface area (Å²) in [5.74, 6) is 2.01. The average Bonchev–Trinajstić information content (AvgIpc) is 2.02. The van der Waals surface area contributed by atoms with Crippen LogP contribution in [0.4, 0.5) is 0 Å². The molecular formula is C11H21N. The second kappa shape index (κ2) is 3.02. The van der Waals surface area contributed by atoms with Gasteiger partial charge in [-0.25, -0.2) is 0 Å². The fourth-order valence-electron chi connectivity index (χ4n) is 3.15. The Hall–Kier alpha value is -0.0400. The van der Waals surface area contributed by atoms with Gasteiger partial charge in [0.2, 0.25) is 0 Å². The van der Waals surface area contributed by atoms with Crippen LogP contribution in [0.15, 0.2) is 0 Å². The summed E-state index contributed by atoms with van der Waals surface area (Å²) in [6.45, 7) is 2.23. The first-order valence-electron chi connectivity index (χ1n) is 5.46. The molecule has 2 rings (SSSR count). The molecular weight excluding hydrogens is 146 g/mol. The highest BCUT2D eigenvalue weighted by atomic mass is 14.7. The van der Waals surface area contributed by atoms with Crippen molar-refractivity contribution in [1.29, 1.82) is 0 Å². The van der Waals surface area contributed by atoms with Crippen molar-refractivity contribution in [2.75, 3.05) is 0 Å². The molecule has 0 heterocycles. The lowest BCUT2D eigenvalue weighted by molar-refractivity contribution is 0.119. The number of fused-ring (bicyclic) bond motifs is 1. The number of rotatable bonds is 0. The molecule has 2 fully saturated rings. The highest BCUT2D eigenvalue weighted by molar-refractivity contribution is 4.91. The van der Waals surface area contributed by atoms with Gasteiger partial charge in [-0.05, 0) is 38.0 Å². The first kappa shape index (κ1) is 8.55. The molecule has 0 aromatic heterocycles. The SMILES string of the molecule is C[C@@]1(N)CC[C@H]2CCCCC2C1. The summed E-state index contributed by atoms with van der Waals surface area (Å²) < 4.78 is 0. The molecule has 0 spiro atoms. The van der Waals surface area contributed by atoms with E-state index in [9.17, 15) is 0 Å². The van der Waals surface area contributed by atoms with Gasteiger partial charge in [0.05, 0.1) is 0 Å². The van der Waals surface area contributed by atoms with Gasteiger partial charge in [0.25, 0.3) is 0 Å². The number of nitrogens with two attached hydrogens (primary N) is 1. The Bertz CT molecular complexity index is 162. The Kier molecular flexibility index (Phi) is 2.16. The molecule has 1 heteroatoms. The maximum absolute atomic E-state index is 6.18. The van der Waals surface area contributed by atoms with E-state index in [0.29, 0.717) is 0 Å². The van der Waals surface area contributed by atoms with Gasteiger partial charge in [-0.1, -0.05) is 25.7 Å². The van der Waals surface area contributed by atoms with E-state index in [-0.39, 0.29) is 5.54 Å². The highest BCUT2D eigenvalue weighted by Crippen LogP contribution is 2.43. The second-order valence-corrected chi connectivity index (χ2v) is 5.20. The van der Waals surface area contributed by atoms with Gasteiger partial charge in [0.1, 0.15) is 0 Å². The van der Waals surface area contributed by atoms with E-state index in [1.54, 1.807) is 0 Å². The van der Waals surface area contributed by atoms with Crippen molar-refractivity contribution in [2.45, 2.75) is 57.4 Å². The van der Waals surface area contributed by atoms with Crippen molar-refractivity contribution in [2.24, 2.45) is 17.6 Å². The molecule has 1 unspecified atom stereocenters. The predicted octanol–water partition coefficient (Wildman–Crippen LogP) is 2.69. The molecule has 70 valence electrons. The van der Waals surface area contributed by atoms with E-state index < -0.39 is 0 Å². The summed E-state index contributed by atoms with van der Waals surface area (Å²) in [6.07, 6.45) is 9.82. The van der Waals surface area contributed by atoms with Gasteiger partial charge < -0.3 is 5.73 Å². The van der Waals surface area contributed by atoms with Crippen molar-refractivity contribution < 1.29 is 0 Å². The maximum atomic E-state index is 6.18. The van der Waals surface area contributed by atoms with E-state index in [1.807, 2.05) is 0 Å². The van der Waals surface area contributed by atoms with Gasteiger partial charge in [0, 0.05) is 5.54 Å². The molecule has 1 nitrogen and oxygen atoms in total. The Balaban J connectivity index is 1.99. The van der Waals surface area contributed by atoms with Crippen molar-refractivity contribution in [3.63, 3.8) is 0 Å². The smallest absolute Gasteiger partial charge is 0.0128 e. The zero-order valence-electron chi connectivity index (χ0n) is 8.18. The number of hydrogen-bond acceptors (Lipinski definition) is 1. The molecule has 0 bridgehead atoms. The molecule has 0 radical (unpaired) electrons. The van der Waals surface area contributed by atoms with Gasteiger partial charge in [0.15, 0.2) is 0 Å². The van der Waals surface area contributed by atoms with Crippen molar-refractivity contribution in [3.05, 3.63) is 0 Å². The molecule has 3 atom stereocenters. The molecule has 2 saturated carbocycles. The molecule has 0 aromatic rings. The van der Waals surface area contributed by atoms with Gasteiger partial charge in [-0.15, -0.1) is 0 Å². The molecule has 12 heavy (non-hydrogen) atoms. The van der Waals surface area contributed by atoms with Gasteiger partial charge >= 0.3 is 0 Å². The van der Waals surface area contributed by atoms with Crippen LogP contribution in [0.2, 0.25) is 0 Å². The third-order valence-corrected chi connectivity index (χ3v) is 3.88. The first-order chi connectivity index (χ1) is 5.67.